The van der Waals surface area contributed by atoms with Gasteiger partial charge in [0.2, 0.25) is 5.91 Å². The minimum Gasteiger partial charge on any atom is -0.322 e. The van der Waals surface area contributed by atoms with Crippen molar-refractivity contribution in [3.05, 3.63) is 59.2 Å². The summed E-state index contributed by atoms with van der Waals surface area (Å²) in [5.74, 6) is -0.261. The molecule has 5 heteroatoms. The van der Waals surface area contributed by atoms with E-state index < -0.39 is 5.41 Å². The van der Waals surface area contributed by atoms with Crippen molar-refractivity contribution >= 4 is 29.0 Å². The van der Waals surface area contributed by atoms with Crippen LogP contribution in [0.3, 0.4) is 0 Å². The van der Waals surface area contributed by atoms with Crippen molar-refractivity contribution in [2.75, 3.05) is 17.3 Å². The maximum Gasteiger partial charge on any atom is 0.255 e. The number of benzene rings is 2. The van der Waals surface area contributed by atoms with E-state index in [1.165, 1.54) is 6.92 Å². The summed E-state index contributed by atoms with van der Waals surface area (Å²) in [6.45, 7) is 5.22. The van der Waals surface area contributed by atoms with Gasteiger partial charge in [-0.1, -0.05) is 0 Å². The number of fused-ring (bicyclic) bond motifs is 1. The number of rotatable bonds is 3. The van der Waals surface area contributed by atoms with Crippen LogP contribution in [0.4, 0.5) is 11.4 Å². The highest BCUT2D eigenvalue weighted by atomic mass is 16.2. The maximum atomic E-state index is 12.5. The Balaban J connectivity index is 1.86. The Morgan fingerprint density at radius 3 is 2.20 bits per heavy atom. The minimum absolute atomic E-state index is 0.0138. The number of anilines is 2. The summed E-state index contributed by atoms with van der Waals surface area (Å²) < 4.78 is 0. The normalized spacial score (nSPS) is 15.0. The smallest absolute Gasteiger partial charge is 0.255 e. The number of carbonyl (C=O) groups is 3. The Labute approximate surface area is 146 Å². The van der Waals surface area contributed by atoms with E-state index in [-0.39, 0.29) is 17.6 Å². The van der Waals surface area contributed by atoms with Gasteiger partial charge >= 0.3 is 0 Å². The van der Waals surface area contributed by atoms with Crippen molar-refractivity contribution in [1.29, 1.82) is 0 Å². The lowest BCUT2D eigenvalue weighted by molar-refractivity contribution is -0.121. The highest BCUT2D eigenvalue weighted by Gasteiger charge is 2.42. The summed E-state index contributed by atoms with van der Waals surface area (Å²) >= 11 is 0. The average molecular weight is 336 g/mol. The number of hydrogen-bond acceptors (Lipinski definition) is 3. The van der Waals surface area contributed by atoms with E-state index in [9.17, 15) is 14.4 Å². The second-order valence-electron chi connectivity index (χ2n) is 6.81. The number of nitrogens with zero attached hydrogens (tertiary/aromatic N) is 1. The number of Topliss-reactive ketones (excluding diaryl/α,β-unsaturated/α-hetero) is 1. The Morgan fingerprint density at radius 2 is 1.60 bits per heavy atom. The van der Waals surface area contributed by atoms with Gasteiger partial charge < -0.3 is 10.2 Å². The lowest BCUT2D eigenvalue weighted by atomic mass is 9.85. The summed E-state index contributed by atoms with van der Waals surface area (Å²) in [4.78, 5) is 37.8. The predicted molar refractivity (Wildman–Crippen MR) is 97.3 cm³/mol. The van der Waals surface area contributed by atoms with Crippen LogP contribution >= 0.6 is 0 Å². The van der Waals surface area contributed by atoms with E-state index in [2.05, 4.69) is 5.32 Å². The first-order valence-corrected chi connectivity index (χ1v) is 8.07. The summed E-state index contributed by atoms with van der Waals surface area (Å²) in [5, 5.41) is 2.82. The molecular formula is C20H20N2O3. The third-order valence-corrected chi connectivity index (χ3v) is 4.68. The number of hydrogen-bond donors (Lipinski definition) is 1. The predicted octanol–water partition coefficient (Wildman–Crippen LogP) is 3.40. The molecule has 0 saturated heterocycles. The summed E-state index contributed by atoms with van der Waals surface area (Å²) in [6, 6.07) is 12.0. The van der Waals surface area contributed by atoms with Gasteiger partial charge in [0.25, 0.3) is 5.91 Å². The van der Waals surface area contributed by atoms with E-state index in [0.29, 0.717) is 16.8 Å². The Morgan fingerprint density at radius 1 is 1.00 bits per heavy atom. The van der Waals surface area contributed by atoms with Crippen molar-refractivity contribution in [3.63, 3.8) is 0 Å². The van der Waals surface area contributed by atoms with E-state index in [4.69, 9.17) is 0 Å². The fourth-order valence-corrected chi connectivity index (χ4v) is 3.11. The molecule has 0 aromatic heterocycles. The zero-order valence-corrected chi connectivity index (χ0v) is 14.7. The zero-order valence-electron chi connectivity index (χ0n) is 14.7. The number of carbonyl (C=O) groups excluding carboxylic acids is 3. The van der Waals surface area contributed by atoms with E-state index in [1.807, 2.05) is 13.8 Å². The summed E-state index contributed by atoms with van der Waals surface area (Å²) in [7, 11) is 1.74. The first kappa shape index (κ1) is 16.9. The van der Waals surface area contributed by atoms with Crippen LogP contribution in [-0.4, -0.2) is 24.6 Å². The van der Waals surface area contributed by atoms with Gasteiger partial charge in [0, 0.05) is 29.5 Å². The van der Waals surface area contributed by atoms with Gasteiger partial charge in [0.1, 0.15) is 0 Å². The average Bonchev–Trinajstić information content (AvgIpc) is 2.76. The molecule has 1 aliphatic heterocycles. The minimum atomic E-state index is -0.649. The van der Waals surface area contributed by atoms with Gasteiger partial charge in [-0.3, -0.25) is 14.4 Å². The number of amides is 2. The molecule has 1 heterocycles. The van der Waals surface area contributed by atoms with Crippen molar-refractivity contribution in [1.82, 2.24) is 0 Å². The molecule has 1 N–H and O–H groups in total. The molecule has 128 valence electrons. The van der Waals surface area contributed by atoms with E-state index >= 15 is 0 Å². The van der Waals surface area contributed by atoms with Crippen LogP contribution in [0.15, 0.2) is 42.5 Å². The fourth-order valence-electron chi connectivity index (χ4n) is 3.11. The van der Waals surface area contributed by atoms with Gasteiger partial charge in [0.05, 0.1) is 5.41 Å². The van der Waals surface area contributed by atoms with Crippen LogP contribution in [-0.2, 0) is 10.2 Å². The zero-order chi connectivity index (χ0) is 18.4. The van der Waals surface area contributed by atoms with Crippen LogP contribution in [0.25, 0.3) is 0 Å². The molecule has 25 heavy (non-hydrogen) atoms. The summed E-state index contributed by atoms with van der Waals surface area (Å²) in [6.07, 6.45) is 0. The first-order chi connectivity index (χ1) is 11.7. The second-order valence-corrected chi connectivity index (χ2v) is 6.81. The monoisotopic (exact) mass is 336 g/mol. The fraction of sp³-hybridized carbons (Fsp3) is 0.250. The first-order valence-electron chi connectivity index (χ1n) is 8.07. The van der Waals surface area contributed by atoms with E-state index in [0.717, 1.165) is 11.3 Å². The molecule has 0 unspecified atom stereocenters. The van der Waals surface area contributed by atoms with Gasteiger partial charge in [-0.05, 0) is 68.8 Å². The van der Waals surface area contributed by atoms with Gasteiger partial charge in [-0.25, -0.2) is 0 Å². The molecule has 0 aliphatic carbocycles. The highest BCUT2D eigenvalue weighted by Crippen LogP contribution is 2.41. The van der Waals surface area contributed by atoms with Gasteiger partial charge in [-0.2, -0.15) is 0 Å². The van der Waals surface area contributed by atoms with Crippen LogP contribution in [0.2, 0.25) is 0 Å². The van der Waals surface area contributed by atoms with E-state index in [1.54, 1.807) is 54.4 Å². The number of likely N-dealkylation sites (N-methyl/N-ethyl adjacent to an activating group) is 1. The van der Waals surface area contributed by atoms with Crippen LogP contribution < -0.4 is 10.2 Å². The third kappa shape index (κ3) is 2.82. The van der Waals surface area contributed by atoms with Crippen molar-refractivity contribution in [2.24, 2.45) is 0 Å². The molecule has 1 aliphatic rings. The lowest BCUT2D eigenvalue weighted by Gasteiger charge is -2.16. The Bertz CT molecular complexity index is 882. The highest BCUT2D eigenvalue weighted by molar-refractivity contribution is 6.10. The second kappa shape index (κ2) is 5.84. The molecular weight excluding hydrogens is 316 g/mol. The molecule has 0 fully saturated rings. The largest absolute Gasteiger partial charge is 0.322 e. The summed E-state index contributed by atoms with van der Waals surface area (Å²) in [5.41, 5.74) is 2.73. The van der Waals surface area contributed by atoms with Crippen molar-refractivity contribution in [2.45, 2.75) is 26.2 Å². The van der Waals surface area contributed by atoms with Crippen LogP contribution in [0.1, 0.15) is 47.1 Å². The van der Waals surface area contributed by atoms with Crippen LogP contribution in [0, 0.1) is 0 Å². The van der Waals surface area contributed by atoms with Gasteiger partial charge in [-0.15, -0.1) is 0 Å². The topological polar surface area (TPSA) is 66.5 Å². The molecule has 0 spiro atoms. The Hall–Kier alpha value is -2.95. The molecule has 2 aromatic carbocycles. The third-order valence-electron chi connectivity index (χ3n) is 4.68. The number of nitrogens with one attached hydrogen (secondary N) is 1. The maximum absolute atomic E-state index is 12.5. The molecule has 2 amide bonds. The standard InChI is InChI=1S/C20H20N2O3/c1-12(23)13-5-8-15(9-6-13)21-18(24)14-7-10-17-16(11-14)20(2,3)19(25)22(17)4/h5-11H,1-4H3,(H,21,24). The van der Waals surface area contributed by atoms with Crippen molar-refractivity contribution in [3.8, 4) is 0 Å². The molecule has 2 aromatic rings. The Kier molecular flexibility index (Phi) is 3.95. The molecule has 0 bridgehead atoms. The lowest BCUT2D eigenvalue weighted by Crippen LogP contribution is -2.33. The van der Waals surface area contributed by atoms with Crippen molar-refractivity contribution < 1.29 is 14.4 Å². The molecule has 0 saturated carbocycles. The SMILES string of the molecule is CC(=O)c1ccc(NC(=O)c2ccc3c(c2)C(C)(C)C(=O)N3C)cc1. The van der Waals surface area contributed by atoms with Crippen LogP contribution in [0.5, 0.6) is 0 Å². The molecule has 0 radical (unpaired) electrons. The number of ketones is 1. The molecule has 3 rings (SSSR count). The quantitative estimate of drug-likeness (QED) is 0.874. The molecule has 5 nitrogen and oxygen atoms in total. The molecule has 0 atom stereocenters. The van der Waals surface area contributed by atoms with Gasteiger partial charge in [0.15, 0.2) is 5.78 Å².